The number of nitrogens with one attached hydrogen (secondary N) is 1. The topological polar surface area (TPSA) is 44.8 Å². The van der Waals surface area contributed by atoms with Gasteiger partial charge >= 0.3 is 0 Å². The van der Waals surface area contributed by atoms with Gasteiger partial charge in [0.25, 0.3) is 0 Å². The highest BCUT2D eigenvalue weighted by Crippen LogP contribution is 2.32. The minimum atomic E-state index is 0.934. The maximum Gasteiger partial charge on any atom is 0.137 e. The van der Waals surface area contributed by atoms with E-state index in [9.17, 15) is 0 Å². The number of aromatic nitrogens is 3. The first-order valence-electron chi connectivity index (χ1n) is 8.98. The number of fused-ring (bicyclic) bond motifs is 2. The summed E-state index contributed by atoms with van der Waals surface area (Å²) in [5.74, 6) is 0. The molecule has 128 valence electrons. The number of aromatic amines is 1. The predicted octanol–water partition coefficient (Wildman–Crippen LogP) is 4.50. The summed E-state index contributed by atoms with van der Waals surface area (Å²) >= 11 is 0. The second-order valence-electron chi connectivity index (χ2n) is 6.97. The highest BCUT2D eigenvalue weighted by atomic mass is 15.1. The molecule has 1 N–H and O–H groups in total. The Morgan fingerprint density at radius 3 is 2.92 bits per heavy atom. The minimum absolute atomic E-state index is 0.934. The molecule has 0 amide bonds. The molecule has 0 saturated carbocycles. The van der Waals surface area contributed by atoms with Crippen LogP contribution in [-0.4, -0.2) is 40.0 Å². The van der Waals surface area contributed by atoms with Crippen LogP contribution < -0.4 is 0 Å². The molecule has 4 heteroatoms. The number of hydrogen-bond acceptors (Lipinski definition) is 3. The van der Waals surface area contributed by atoms with Crippen LogP contribution >= 0.6 is 0 Å². The van der Waals surface area contributed by atoms with Crippen LogP contribution in [0, 0.1) is 0 Å². The molecule has 4 heterocycles. The fourth-order valence-corrected chi connectivity index (χ4v) is 3.69. The first-order chi connectivity index (χ1) is 12.8. The van der Waals surface area contributed by atoms with Gasteiger partial charge in [-0.05, 0) is 54.4 Å². The van der Waals surface area contributed by atoms with E-state index < -0.39 is 0 Å². The molecular weight excluding hydrogens is 320 g/mol. The third-order valence-electron chi connectivity index (χ3n) is 5.23. The fraction of sp³-hybridized carbons (Fsp3) is 0.182. The Bertz CT molecular complexity index is 1140. The summed E-state index contributed by atoms with van der Waals surface area (Å²) in [7, 11) is 2.16. The molecule has 0 unspecified atom stereocenters. The Hall–Kier alpha value is -2.98. The van der Waals surface area contributed by atoms with Crippen molar-refractivity contribution in [1.29, 1.82) is 0 Å². The van der Waals surface area contributed by atoms with Crippen LogP contribution in [0.2, 0.25) is 0 Å². The normalized spacial score (nSPS) is 15.5. The zero-order chi connectivity index (χ0) is 17.5. The summed E-state index contributed by atoms with van der Waals surface area (Å²) in [6.45, 7) is 2.10. The van der Waals surface area contributed by atoms with Gasteiger partial charge in [0.05, 0.1) is 5.52 Å². The van der Waals surface area contributed by atoms with E-state index >= 15 is 0 Å². The van der Waals surface area contributed by atoms with E-state index in [4.69, 9.17) is 0 Å². The van der Waals surface area contributed by atoms with Crippen molar-refractivity contribution in [3.63, 3.8) is 0 Å². The lowest BCUT2D eigenvalue weighted by Gasteiger charge is -2.22. The molecule has 0 spiro atoms. The van der Waals surface area contributed by atoms with Gasteiger partial charge in [-0.1, -0.05) is 18.2 Å². The van der Waals surface area contributed by atoms with Crippen LogP contribution in [0.25, 0.3) is 38.6 Å². The molecule has 0 radical (unpaired) electrons. The summed E-state index contributed by atoms with van der Waals surface area (Å²) in [6.07, 6.45) is 9.27. The quantitative estimate of drug-likeness (QED) is 0.584. The van der Waals surface area contributed by atoms with Gasteiger partial charge in [-0.3, -0.25) is 4.98 Å². The smallest absolute Gasteiger partial charge is 0.137 e. The molecule has 0 bridgehead atoms. The number of H-pyrrole nitrogens is 1. The number of hydrogen-bond donors (Lipinski definition) is 1. The van der Waals surface area contributed by atoms with E-state index in [0.717, 1.165) is 36.1 Å². The van der Waals surface area contributed by atoms with Gasteiger partial charge in [-0.15, -0.1) is 0 Å². The van der Waals surface area contributed by atoms with Gasteiger partial charge in [0.15, 0.2) is 0 Å². The van der Waals surface area contributed by atoms with Crippen LogP contribution in [0.1, 0.15) is 12.0 Å². The van der Waals surface area contributed by atoms with Crippen LogP contribution in [0.5, 0.6) is 0 Å². The molecule has 4 aromatic rings. The van der Waals surface area contributed by atoms with Crippen molar-refractivity contribution in [2.75, 3.05) is 20.1 Å². The Morgan fingerprint density at radius 2 is 2.04 bits per heavy atom. The Balaban J connectivity index is 1.62. The zero-order valence-corrected chi connectivity index (χ0v) is 14.7. The van der Waals surface area contributed by atoms with E-state index in [1.54, 1.807) is 0 Å². The largest absolute Gasteiger partial charge is 0.346 e. The Morgan fingerprint density at radius 1 is 1.08 bits per heavy atom. The first-order valence-corrected chi connectivity index (χ1v) is 8.98. The molecule has 26 heavy (non-hydrogen) atoms. The predicted molar refractivity (Wildman–Crippen MR) is 107 cm³/mol. The molecule has 3 aromatic heterocycles. The number of nitrogens with zero attached hydrogens (tertiary/aromatic N) is 3. The third-order valence-corrected chi connectivity index (χ3v) is 5.23. The van der Waals surface area contributed by atoms with Crippen molar-refractivity contribution < 1.29 is 0 Å². The van der Waals surface area contributed by atoms with Crippen molar-refractivity contribution in [3.05, 3.63) is 66.6 Å². The van der Waals surface area contributed by atoms with Gasteiger partial charge in [0, 0.05) is 48.0 Å². The van der Waals surface area contributed by atoms with Crippen LogP contribution in [-0.2, 0) is 0 Å². The molecule has 1 aliphatic heterocycles. The summed E-state index contributed by atoms with van der Waals surface area (Å²) in [6, 6.07) is 12.8. The second kappa shape index (κ2) is 6.07. The maximum absolute atomic E-state index is 4.66. The summed E-state index contributed by atoms with van der Waals surface area (Å²) in [5.41, 5.74) is 6.96. The van der Waals surface area contributed by atoms with Gasteiger partial charge < -0.3 is 9.88 Å². The standard InChI is InChI=1S/C22H20N4/c1-26-9-6-15(7-10-26)18-12-19-20(14-25-22(19)24-13-18)16-4-5-21-17(11-16)3-2-8-23-21/h2-6,8,11-14H,7,9-10H2,1H3,(H,24,25). The van der Waals surface area contributed by atoms with Crippen molar-refractivity contribution in [2.24, 2.45) is 0 Å². The Labute approximate surface area is 152 Å². The minimum Gasteiger partial charge on any atom is -0.346 e. The number of rotatable bonds is 2. The number of pyridine rings is 2. The number of likely N-dealkylation sites (N-methyl/N-ethyl adjacent to an activating group) is 1. The van der Waals surface area contributed by atoms with Gasteiger partial charge in [0.2, 0.25) is 0 Å². The fourth-order valence-electron chi connectivity index (χ4n) is 3.69. The number of benzene rings is 1. The third kappa shape index (κ3) is 2.59. The van der Waals surface area contributed by atoms with E-state index in [0.29, 0.717) is 0 Å². The maximum atomic E-state index is 4.66. The summed E-state index contributed by atoms with van der Waals surface area (Å²) < 4.78 is 0. The molecule has 0 aliphatic carbocycles. The van der Waals surface area contributed by atoms with Gasteiger partial charge in [-0.25, -0.2) is 4.98 Å². The average molecular weight is 340 g/mol. The van der Waals surface area contributed by atoms with E-state index in [1.165, 1.54) is 27.6 Å². The van der Waals surface area contributed by atoms with Crippen LogP contribution in [0.4, 0.5) is 0 Å². The molecule has 0 saturated heterocycles. The van der Waals surface area contributed by atoms with Crippen molar-refractivity contribution in [2.45, 2.75) is 6.42 Å². The molecule has 4 nitrogen and oxygen atoms in total. The summed E-state index contributed by atoms with van der Waals surface area (Å²) in [5, 5.41) is 2.33. The van der Waals surface area contributed by atoms with Gasteiger partial charge in [-0.2, -0.15) is 0 Å². The molecule has 5 rings (SSSR count). The van der Waals surface area contributed by atoms with Crippen LogP contribution in [0.3, 0.4) is 0 Å². The molecular formula is C22H20N4. The second-order valence-corrected chi connectivity index (χ2v) is 6.97. The lowest BCUT2D eigenvalue weighted by molar-refractivity contribution is 0.370. The lowest BCUT2D eigenvalue weighted by Crippen LogP contribution is -2.23. The van der Waals surface area contributed by atoms with E-state index in [-0.39, 0.29) is 0 Å². The van der Waals surface area contributed by atoms with E-state index in [1.807, 2.05) is 18.5 Å². The SMILES string of the molecule is CN1CC=C(c2cnc3[nH]cc(-c4ccc5ncccc5c4)c3c2)CC1. The van der Waals surface area contributed by atoms with Crippen molar-refractivity contribution in [1.82, 2.24) is 19.9 Å². The van der Waals surface area contributed by atoms with Crippen molar-refractivity contribution >= 4 is 27.5 Å². The zero-order valence-electron chi connectivity index (χ0n) is 14.7. The summed E-state index contributed by atoms with van der Waals surface area (Å²) in [4.78, 5) is 14.7. The molecule has 0 atom stereocenters. The molecule has 1 aromatic carbocycles. The average Bonchev–Trinajstić information content (AvgIpc) is 3.11. The van der Waals surface area contributed by atoms with Crippen LogP contribution in [0.15, 0.2) is 61.1 Å². The monoisotopic (exact) mass is 340 g/mol. The first kappa shape index (κ1) is 15.3. The Kier molecular flexibility index (Phi) is 3.57. The molecule has 0 fully saturated rings. The molecule has 1 aliphatic rings. The van der Waals surface area contributed by atoms with Gasteiger partial charge in [0.1, 0.15) is 5.65 Å². The van der Waals surface area contributed by atoms with Crippen molar-refractivity contribution in [3.8, 4) is 11.1 Å². The highest BCUT2D eigenvalue weighted by Gasteiger charge is 2.13. The van der Waals surface area contributed by atoms with E-state index in [2.05, 4.69) is 69.5 Å². The highest BCUT2D eigenvalue weighted by molar-refractivity contribution is 5.97. The lowest BCUT2D eigenvalue weighted by atomic mass is 9.98.